The Hall–Kier alpha value is -3.60. The molecular formula is C27H26N2O3. The summed E-state index contributed by atoms with van der Waals surface area (Å²) in [6.07, 6.45) is 2.78. The smallest absolute Gasteiger partial charge is 0.253 e. The van der Waals surface area contributed by atoms with Gasteiger partial charge in [0.1, 0.15) is 5.58 Å². The van der Waals surface area contributed by atoms with Crippen molar-refractivity contribution in [3.8, 4) is 0 Å². The van der Waals surface area contributed by atoms with Crippen molar-refractivity contribution < 1.29 is 14.0 Å². The summed E-state index contributed by atoms with van der Waals surface area (Å²) in [5, 5.41) is 3.25. The fraction of sp³-hybridized carbons (Fsp3) is 0.259. The van der Waals surface area contributed by atoms with Crippen molar-refractivity contribution >= 4 is 33.6 Å². The highest BCUT2D eigenvalue weighted by Gasteiger charge is 2.24. The topological polar surface area (TPSA) is 53.8 Å². The van der Waals surface area contributed by atoms with E-state index >= 15 is 0 Å². The van der Waals surface area contributed by atoms with Crippen molar-refractivity contribution in [3.05, 3.63) is 83.6 Å². The zero-order valence-electron chi connectivity index (χ0n) is 18.2. The summed E-state index contributed by atoms with van der Waals surface area (Å²) in [4.78, 5) is 29.8. The van der Waals surface area contributed by atoms with Crippen LogP contribution < -0.4 is 0 Å². The van der Waals surface area contributed by atoms with Gasteiger partial charge in [0, 0.05) is 42.7 Å². The van der Waals surface area contributed by atoms with Gasteiger partial charge in [-0.25, -0.2) is 0 Å². The minimum Gasteiger partial charge on any atom is -0.464 e. The zero-order valence-corrected chi connectivity index (χ0v) is 18.2. The molecule has 0 atom stereocenters. The van der Waals surface area contributed by atoms with Gasteiger partial charge in [-0.1, -0.05) is 48.0 Å². The predicted molar refractivity (Wildman–Crippen MR) is 126 cm³/mol. The maximum Gasteiger partial charge on any atom is 0.253 e. The fourth-order valence-corrected chi connectivity index (χ4v) is 4.61. The van der Waals surface area contributed by atoms with Gasteiger partial charge in [0.05, 0.1) is 12.7 Å². The van der Waals surface area contributed by atoms with E-state index in [0.717, 1.165) is 39.3 Å². The summed E-state index contributed by atoms with van der Waals surface area (Å²) in [5.74, 6) is 0.112. The lowest BCUT2D eigenvalue weighted by Crippen LogP contribution is -2.38. The molecule has 162 valence electrons. The highest BCUT2D eigenvalue weighted by Crippen LogP contribution is 2.30. The summed E-state index contributed by atoms with van der Waals surface area (Å²) in [5.41, 5.74) is 3.50. The van der Waals surface area contributed by atoms with Crippen LogP contribution in [0.15, 0.2) is 71.3 Å². The van der Waals surface area contributed by atoms with Crippen molar-refractivity contribution in [1.29, 1.82) is 0 Å². The number of carbonyl (C=O) groups excluding carboxylic acids is 2. The lowest BCUT2D eigenvalue weighted by molar-refractivity contribution is -0.130. The van der Waals surface area contributed by atoms with E-state index in [1.165, 1.54) is 0 Å². The Morgan fingerprint density at radius 2 is 1.72 bits per heavy atom. The SMILES string of the molecule is Cc1cccc(C(=O)N2CCCN(C(=O)Cc3coc4ccc5ccccc5c34)CC2)c1. The molecule has 0 saturated carbocycles. The third-order valence-corrected chi connectivity index (χ3v) is 6.28. The molecule has 5 rings (SSSR count). The summed E-state index contributed by atoms with van der Waals surface area (Å²) in [7, 11) is 0. The normalized spacial score (nSPS) is 14.7. The minimum atomic E-state index is 0.0373. The molecule has 2 amide bonds. The van der Waals surface area contributed by atoms with Crippen LogP contribution in [0.4, 0.5) is 0 Å². The van der Waals surface area contributed by atoms with E-state index in [2.05, 4.69) is 12.1 Å². The number of carbonyl (C=O) groups is 2. The number of nitrogens with zero attached hydrogens (tertiary/aromatic N) is 2. The second kappa shape index (κ2) is 8.50. The van der Waals surface area contributed by atoms with E-state index in [0.29, 0.717) is 38.2 Å². The Bertz CT molecular complexity index is 1310. The third-order valence-electron chi connectivity index (χ3n) is 6.28. The first-order valence-corrected chi connectivity index (χ1v) is 11.1. The van der Waals surface area contributed by atoms with Crippen LogP contribution in [-0.4, -0.2) is 47.8 Å². The molecule has 0 bridgehead atoms. The van der Waals surface area contributed by atoms with E-state index in [9.17, 15) is 9.59 Å². The van der Waals surface area contributed by atoms with Gasteiger partial charge < -0.3 is 14.2 Å². The molecule has 0 radical (unpaired) electrons. The van der Waals surface area contributed by atoms with Crippen LogP contribution in [0.3, 0.4) is 0 Å². The van der Waals surface area contributed by atoms with E-state index in [1.54, 1.807) is 6.26 Å². The van der Waals surface area contributed by atoms with Gasteiger partial charge in [0.15, 0.2) is 0 Å². The molecule has 1 aromatic heterocycles. The first kappa shape index (κ1) is 20.3. The van der Waals surface area contributed by atoms with Crippen LogP contribution in [0, 0.1) is 6.92 Å². The average Bonchev–Trinajstić information content (AvgIpc) is 3.05. The van der Waals surface area contributed by atoms with E-state index in [4.69, 9.17) is 4.42 Å². The highest BCUT2D eigenvalue weighted by molar-refractivity contribution is 6.08. The Balaban J connectivity index is 1.31. The van der Waals surface area contributed by atoms with Gasteiger partial charge in [-0.2, -0.15) is 0 Å². The number of fused-ring (bicyclic) bond motifs is 3. The van der Waals surface area contributed by atoms with Crippen molar-refractivity contribution in [3.63, 3.8) is 0 Å². The van der Waals surface area contributed by atoms with Gasteiger partial charge in [-0.05, 0) is 42.3 Å². The minimum absolute atomic E-state index is 0.0373. The van der Waals surface area contributed by atoms with Crippen LogP contribution in [0.5, 0.6) is 0 Å². The van der Waals surface area contributed by atoms with Crippen molar-refractivity contribution in [2.75, 3.05) is 26.2 Å². The second-order valence-electron chi connectivity index (χ2n) is 8.49. The van der Waals surface area contributed by atoms with Gasteiger partial charge in [0.2, 0.25) is 5.91 Å². The van der Waals surface area contributed by atoms with E-state index < -0.39 is 0 Å². The summed E-state index contributed by atoms with van der Waals surface area (Å²) >= 11 is 0. The molecule has 0 aliphatic carbocycles. The largest absolute Gasteiger partial charge is 0.464 e. The molecule has 3 aromatic carbocycles. The summed E-state index contributed by atoms with van der Waals surface area (Å²) in [6, 6.07) is 19.9. The molecule has 4 aromatic rings. The molecule has 32 heavy (non-hydrogen) atoms. The fourth-order valence-electron chi connectivity index (χ4n) is 4.61. The number of amides is 2. The third kappa shape index (κ3) is 3.86. The van der Waals surface area contributed by atoms with Gasteiger partial charge in [-0.3, -0.25) is 9.59 Å². The standard InChI is InChI=1S/C27H26N2O3/c1-19-6-4-8-21(16-19)27(31)29-13-5-12-28(14-15-29)25(30)17-22-18-32-24-11-10-20-7-2-3-9-23(20)26(22)24/h2-4,6-11,16,18H,5,12-15,17H2,1H3. The Kier molecular flexibility index (Phi) is 5.39. The molecule has 0 unspecified atom stereocenters. The number of aryl methyl sites for hydroxylation is 1. The molecular weight excluding hydrogens is 400 g/mol. The molecule has 0 N–H and O–H groups in total. The number of furan rings is 1. The Labute approximate surface area is 187 Å². The zero-order chi connectivity index (χ0) is 22.1. The quantitative estimate of drug-likeness (QED) is 0.472. The molecule has 1 aliphatic rings. The van der Waals surface area contributed by atoms with Crippen LogP contribution in [0.25, 0.3) is 21.7 Å². The van der Waals surface area contributed by atoms with E-state index in [-0.39, 0.29) is 11.8 Å². The Morgan fingerprint density at radius 3 is 2.59 bits per heavy atom. The molecule has 2 heterocycles. The predicted octanol–water partition coefficient (Wildman–Crippen LogP) is 4.81. The monoisotopic (exact) mass is 426 g/mol. The maximum atomic E-state index is 13.2. The molecule has 1 fully saturated rings. The van der Waals surface area contributed by atoms with Gasteiger partial charge >= 0.3 is 0 Å². The van der Waals surface area contributed by atoms with Gasteiger partial charge in [-0.15, -0.1) is 0 Å². The molecule has 5 heteroatoms. The average molecular weight is 427 g/mol. The van der Waals surface area contributed by atoms with E-state index in [1.807, 2.05) is 65.3 Å². The Morgan fingerprint density at radius 1 is 0.906 bits per heavy atom. The lowest BCUT2D eigenvalue weighted by atomic mass is 10.0. The molecule has 1 aliphatic heterocycles. The number of benzene rings is 3. The summed E-state index contributed by atoms with van der Waals surface area (Å²) in [6.45, 7) is 4.41. The lowest BCUT2D eigenvalue weighted by Gasteiger charge is -2.22. The molecule has 0 spiro atoms. The highest BCUT2D eigenvalue weighted by atomic mass is 16.3. The van der Waals surface area contributed by atoms with Crippen LogP contribution in [-0.2, 0) is 11.2 Å². The second-order valence-corrected chi connectivity index (χ2v) is 8.49. The molecule has 1 saturated heterocycles. The van der Waals surface area contributed by atoms with Crippen molar-refractivity contribution in [2.24, 2.45) is 0 Å². The van der Waals surface area contributed by atoms with Crippen LogP contribution in [0.2, 0.25) is 0 Å². The number of hydrogen-bond acceptors (Lipinski definition) is 3. The van der Waals surface area contributed by atoms with Crippen molar-refractivity contribution in [2.45, 2.75) is 19.8 Å². The van der Waals surface area contributed by atoms with Gasteiger partial charge in [0.25, 0.3) is 5.91 Å². The number of rotatable bonds is 3. The first-order valence-electron chi connectivity index (χ1n) is 11.1. The van der Waals surface area contributed by atoms with Crippen LogP contribution in [0.1, 0.15) is 27.9 Å². The maximum absolute atomic E-state index is 13.2. The van der Waals surface area contributed by atoms with Crippen LogP contribution >= 0.6 is 0 Å². The van der Waals surface area contributed by atoms with Crippen molar-refractivity contribution in [1.82, 2.24) is 9.80 Å². The summed E-state index contributed by atoms with van der Waals surface area (Å²) < 4.78 is 5.75. The first-order chi connectivity index (χ1) is 15.6. The molecule has 5 nitrogen and oxygen atoms in total. The number of hydrogen-bond donors (Lipinski definition) is 0.